The van der Waals surface area contributed by atoms with Gasteiger partial charge in [-0.05, 0) is 30.7 Å². The molecule has 25 heavy (non-hydrogen) atoms. The number of nitrogens with zero attached hydrogens (tertiary/aromatic N) is 1. The molecule has 1 aliphatic rings. The van der Waals surface area contributed by atoms with Gasteiger partial charge in [0, 0.05) is 34.5 Å². The molecule has 0 radical (unpaired) electrons. The summed E-state index contributed by atoms with van der Waals surface area (Å²) in [5, 5.41) is 0. The normalized spacial score (nSPS) is 19.4. The third-order valence-corrected chi connectivity index (χ3v) is 7.09. The van der Waals surface area contributed by atoms with Crippen LogP contribution in [-0.4, -0.2) is 43.8 Å². The number of halogens is 1. The highest BCUT2D eigenvalue weighted by Crippen LogP contribution is 2.30. The SMILES string of the molecule is CN(C(=O)C=Cc1ccc(-c2ccccc2F)s1)C1CCS(=O)(=O)C1. The smallest absolute Gasteiger partial charge is 0.246 e. The molecule has 2 heterocycles. The van der Waals surface area contributed by atoms with Gasteiger partial charge in [0.2, 0.25) is 5.91 Å². The first-order valence-corrected chi connectivity index (χ1v) is 10.5. The van der Waals surface area contributed by atoms with E-state index in [1.54, 1.807) is 31.3 Å². The predicted octanol–water partition coefficient (Wildman–Crippen LogP) is 3.21. The summed E-state index contributed by atoms with van der Waals surface area (Å²) < 4.78 is 36.9. The quantitative estimate of drug-likeness (QED) is 0.767. The van der Waals surface area contributed by atoms with Gasteiger partial charge in [-0.2, -0.15) is 0 Å². The van der Waals surface area contributed by atoms with E-state index in [1.165, 1.54) is 28.4 Å². The molecule has 1 fully saturated rings. The van der Waals surface area contributed by atoms with Gasteiger partial charge >= 0.3 is 0 Å². The molecule has 0 N–H and O–H groups in total. The number of benzene rings is 1. The highest BCUT2D eigenvalue weighted by Gasteiger charge is 2.32. The number of hydrogen-bond acceptors (Lipinski definition) is 4. The molecule has 7 heteroatoms. The minimum atomic E-state index is -3.02. The first kappa shape index (κ1) is 17.8. The summed E-state index contributed by atoms with van der Waals surface area (Å²) in [6, 6.07) is 9.94. The van der Waals surface area contributed by atoms with Gasteiger partial charge in [-0.1, -0.05) is 18.2 Å². The lowest BCUT2D eigenvalue weighted by Gasteiger charge is -2.21. The van der Waals surface area contributed by atoms with Crippen LogP contribution in [0.15, 0.2) is 42.5 Å². The Morgan fingerprint density at radius 3 is 2.72 bits per heavy atom. The van der Waals surface area contributed by atoms with Gasteiger partial charge in [0.1, 0.15) is 5.82 Å². The van der Waals surface area contributed by atoms with Crippen molar-refractivity contribution in [3.63, 3.8) is 0 Å². The van der Waals surface area contributed by atoms with Crippen molar-refractivity contribution in [1.29, 1.82) is 0 Å². The second-order valence-electron chi connectivity index (χ2n) is 6.02. The minimum absolute atomic E-state index is 0.0273. The van der Waals surface area contributed by atoms with Crippen LogP contribution in [0.2, 0.25) is 0 Å². The number of amides is 1. The molecule has 0 aliphatic carbocycles. The zero-order valence-electron chi connectivity index (χ0n) is 13.7. The maximum Gasteiger partial charge on any atom is 0.246 e. The third-order valence-electron chi connectivity index (χ3n) is 4.26. The molecule has 1 amide bonds. The summed E-state index contributed by atoms with van der Waals surface area (Å²) in [4.78, 5) is 15.3. The Morgan fingerprint density at radius 2 is 2.04 bits per heavy atom. The van der Waals surface area contributed by atoms with Crippen molar-refractivity contribution >= 4 is 33.2 Å². The Balaban J connectivity index is 1.68. The fraction of sp³-hybridized carbons (Fsp3) is 0.278. The average molecular weight is 379 g/mol. The van der Waals surface area contributed by atoms with Crippen LogP contribution in [0.3, 0.4) is 0 Å². The summed E-state index contributed by atoms with van der Waals surface area (Å²) in [5.41, 5.74) is 0.534. The maximum atomic E-state index is 13.8. The van der Waals surface area contributed by atoms with Crippen LogP contribution in [0.4, 0.5) is 4.39 Å². The second kappa shape index (κ2) is 7.09. The molecule has 2 aromatic rings. The standard InChI is InChI=1S/C18H18FNO3S2/c1-20(13-10-11-25(22,23)12-13)18(21)9-7-14-6-8-17(24-14)15-4-2-3-5-16(15)19/h2-9,13H,10-12H2,1H3. The first-order chi connectivity index (χ1) is 11.9. The fourth-order valence-corrected chi connectivity index (χ4v) is 5.49. The van der Waals surface area contributed by atoms with E-state index in [0.717, 1.165) is 9.75 Å². The van der Waals surface area contributed by atoms with E-state index in [0.29, 0.717) is 12.0 Å². The van der Waals surface area contributed by atoms with Crippen molar-refractivity contribution in [3.8, 4) is 10.4 Å². The van der Waals surface area contributed by atoms with Crippen LogP contribution < -0.4 is 0 Å². The Morgan fingerprint density at radius 1 is 1.28 bits per heavy atom. The molecular weight excluding hydrogens is 361 g/mol. The Bertz CT molecular complexity index is 918. The zero-order chi connectivity index (χ0) is 18.0. The van der Waals surface area contributed by atoms with Gasteiger partial charge in [-0.25, -0.2) is 12.8 Å². The molecule has 1 aromatic heterocycles. The highest BCUT2D eigenvalue weighted by atomic mass is 32.2. The number of likely N-dealkylation sites (N-methyl/N-ethyl adjacent to an activating group) is 1. The lowest BCUT2D eigenvalue weighted by Crippen LogP contribution is -2.36. The summed E-state index contributed by atoms with van der Waals surface area (Å²) in [6.07, 6.45) is 3.59. The van der Waals surface area contributed by atoms with E-state index in [9.17, 15) is 17.6 Å². The van der Waals surface area contributed by atoms with Gasteiger partial charge in [-0.15, -0.1) is 11.3 Å². The van der Waals surface area contributed by atoms with Crippen LogP contribution in [0.5, 0.6) is 0 Å². The number of rotatable bonds is 4. The molecule has 1 saturated heterocycles. The number of hydrogen-bond donors (Lipinski definition) is 0. The molecule has 0 bridgehead atoms. The summed E-state index contributed by atoms with van der Waals surface area (Å²) in [6.45, 7) is 0. The van der Waals surface area contributed by atoms with Gasteiger partial charge in [-0.3, -0.25) is 4.79 Å². The number of thiophene rings is 1. The highest BCUT2D eigenvalue weighted by molar-refractivity contribution is 7.91. The van der Waals surface area contributed by atoms with Crippen molar-refractivity contribution in [2.24, 2.45) is 0 Å². The summed E-state index contributed by atoms with van der Waals surface area (Å²) >= 11 is 1.39. The van der Waals surface area contributed by atoms with Crippen LogP contribution >= 0.6 is 11.3 Å². The van der Waals surface area contributed by atoms with Crippen molar-refractivity contribution in [3.05, 3.63) is 53.2 Å². The van der Waals surface area contributed by atoms with Crippen LogP contribution in [0, 0.1) is 5.82 Å². The molecule has 132 valence electrons. The van der Waals surface area contributed by atoms with E-state index in [-0.39, 0.29) is 29.3 Å². The molecule has 1 aliphatic heterocycles. The Hall–Kier alpha value is -1.99. The van der Waals surface area contributed by atoms with E-state index in [2.05, 4.69) is 0 Å². The molecule has 1 unspecified atom stereocenters. The van der Waals surface area contributed by atoms with Gasteiger partial charge < -0.3 is 4.90 Å². The van der Waals surface area contributed by atoms with Crippen molar-refractivity contribution < 1.29 is 17.6 Å². The van der Waals surface area contributed by atoms with Crippen molar-refractivity contribution in [2.75, 3.05) is 18.6 Å². The molecule has 1 atom stereocenters. The molecule has 0 spiro atoms. The molecule has 3 rings (SSSR count). The van der Waals surface area contributed by atoms with E-state index in [4.69, 9.17) is 0 Å². The fourth-order valence-electron chi connectivity index (χ4n) is 2.78. The summed E-state index contributed by atoms with van der Waals surface area (Å²) in [7, 11) is -1.40. The second-order valence-corrected chi connectivity index (χ2v) is 9.37. The number of carbonyl (C=O) groups is 1. The van der Waals surface area contributed by atoms with Crippen LogP contribution in [0.25, 0.3) is 16.5 Å². The van der Waals surface area contributed by atoms with Crippen LogP contribution in [0.1, 0.15) is 11.3 Å². The van der Waals surface area contributed by atoms with E-state index >= 15 is 0 Å². The monoisotopic (exact) mass is 379 g/mol. The Kier molecular flexibility index (Phi) is 5.06. The van der Waals surface area contributed by atoms with E-state index < -0.39 is 9.84 Å². The van der Waals surface area contributed by atoms with Gasteiger partial charge in [0.25, 0.3) is 0 Å². The van der Waals surface area contributed by atoms with E-state index in [1.807, 2.05) is 12.1 Å². The Labute approximate surface area is 150 Å². The lowest BCUT2D eigenvalue weighted by molar-refractivity contribution is -0.126. The van der Waals surface area contributed by atoms with Gasteiger partial charge in [0.05, 0.1) is 11.5 Å². The van der Waals surface area contributed by atoms with Crippen molar-refractivity contribution in [1.82, 2.24) is 4.90 Å². The maximum absolute atomic E-state index is 13.8. The summed E-state index contributed by atoms with van der Waals surface area (Å²) in [5.74, 6) is -0.351. The zero-order valence-corrected chi connectivity index (χ0v) is 15.3. The predicted molar refractivity (Wildman–Crippen MR) is 98.6 cm³/mol. The molecule has 0 saturated carbocycles. The molecule has 1 aromatic carbocycles. The third kappa shape index (κ3) is 4.16. The lowest BCUT2D eigenvalue weighted by atomic mass is 10.2. The topological polar surface area (TPSA) is 54.5 Å². The largest absolute Gasteiger partial charge is 0.338 e. The van der Waals surface area contributed by atoms with Crippen molar-refractivity contribution in [2.45, 2.75) is 12.5 Å². The molecule has 4 nitrogen and oxygen atoms in total. The van der Waals surface area contributed by atoms with Crippen LogP contribution in [-0.2, 0) is 14.6 Å². The van der Waals surface area contributed by atoms with Gasteiger partial charge in [0.15, 0.2) is 9.84 Å². The first-order valence-electron chi connectivity index (χ1n) is 7.86. The molecular formula is C18H18FNO3S2. The minimum Gasteiger partial charge on any atom is -0.338 e. The number of sulfone groups is 1. The average Bonchev–Trinajstić information content (AvgIpc) is 3.18. The number of carbonyl (C=O) groups excluding carboxylic acids is 1.